The van der Waals surface area contributed by atoms with Crippen LogP contribution >= 0.6 is 0 Å². The summed E-state index contributed by atoms with van der Waals surface area (Å²) in [6, 6.07) is -0.0736. The van der Waals surface area contributed by atoms with Crippen molar-refractivity contribution in [2.45, 2.75) is 19.0 Å². The molecular formula is C11H14N4O3. The standard InChI is InChI=1S/C11H14N4O3/c12-8-2-1-7(3-8)11(18)14-9-4-13-15(5-9)6-10(16)17/h1-2,4-5,7-8H,3,6,12H2,(H,14,18)(H,16,17). The highest BCUT2D eigenvalue weighted by Gasteiger charge is 2.22. The molecule has 0 saturated heterocycles. The molecule has 7 nitrogen and oxygen atoms in total. The zero-order chi connectivity index (χ0) is 13.1. The third-order valence-corrected chi connectivity index (χ3v) is 2.65. The molecule has 7 heteroatoms. The molecule has 0 aliphatic heterocycles. The fourth-order valence-electron chi connectivity index (χ4n) is 1.81. The van der Waals surface area contributed by atoms with Crippen LogP contribution in [0.4, 0.5) is 5.69 Å². The fraction of sp³-hybridized carbons (Fsp3) is 0.364. The average molecular weight is 250 g/mol. The lowest BCUT2D eigenvalue weighted by molar-refractivity contribution is -0.137. The number of carboxylic acid groups (broad SMARTS) is 1. The van der Waals surface area contributed by atoms with Gasteiger partial charge >= 0.3 is 5.97 Å². The minimum atomic E-state index is -0.985. The van der Waals surface area contributed by atoms with Gasteiger partial charge in [0.2, 0.25) is 5.91 Å². The molecule has 2 rings (SSSR count). The van der Waals surface area contributed by atoms with Gasteiger partial charge in [0.1, 0.15) is 6.54 Å². The van der Waals surface area contributed by atoms with E-state index in [2.05, 4.69) is 10.4 Å². The second-order valence-electron chi connectivity index (χ2n) is 4.20. The summed E-state index contributed by atoms with van der Waals surface area (Å²) in [5, 5.41) is 15.1. The predicted octanol–water partition coefficient (Wildman–Crippen LogP) is -0.190. The SMILES string of the molecule is NC1C=CC(C(=O)Nc2cnn(CC(=O)O)c2)C1. The zero-order valence-corrected chi connectivity index (χ0v) is 9.61. The minimum Gasteiger partial charge on any atom is -0.480 e. The number of rotatable bonds is 4. The first-order valence-corrected chi connectivity index (χ1v) is 5.53. The lowest BCUT2D eigenvalue weighted by atomic mass is 10.1. The van der Waals surface area contributed by atoms with Gasteiger partial charge in [-0.05, 0) is 6.42 Å². The van der Waals surface area contributed by atoms with Gasteiger partial charge in [-0.3, -0.25) is 14.3 Å². The van der Waals surface area contributed by atoms with Gasteiger partial charge in [0.25, 0.3) is 0 Å². The van der Waals surface area contributed by atoms with E-state index in [-0.39, 0.29) is 24.4 Å². The number of nitrogens with zero attached hydrogens (tertiary/aromatic N) is 2. The number of aromatic nitrogens is 2. The summed E-state index contributed by atoms with van der Waals surface area (Å²) in [5.41, 5.74) is 6.15. The van der Waals surface area contributed by atoms with Crippen LogP contribution in [0.5, 0.6) is 0 Å². The largest absolute Gasteiger partial charge is 0.480 e. The molecule has 1 aliphatic carbocycles. The summed E-state index contributed by atoms with van der Waals surface area (Å²) in [5.74, 6) is -1.38. The third-order valence-electron chi connectivity index (χ3n) is 2.65. The van der Waals surface area contributed by atoms with E-state index < -0.39 is 5.97 Å². The highest BCUT2D eigenvalue weighted by molar-refractivity contribution is 5.93. The number of carbonyl (C=O) groups excluding carboxylic acids is 1. The summed E-state index contributed by atoms with van der Waals surface area (Å²) < 4.78 is 1.24. The Morgan fingerprint density at radius 3 is 2.94 bits per heavy atom. The highest BCUT2D eigenvalue weighted by atomic mass is 16.4. The third kappa shape index (κ3) is 2.95. The molecule has 0 fully saturated rings. The van der Waals surface area contributed by atoms with Crippen molar-refractivity contribution in [1.29, 1.82) is 0 Å². The predicted molar refractivity (Wildman–Crippen MR) is 63.7 cm³/mol. The van der Waals surface area contributed by atoms with E-state index in [1.54, 1.807) is 12.2 Å². The van der Waals surface area contributed by atoms with E-state index in [1.165, 1.54) is 17.1 Å². The molecule has 1 aromatic rings. The van der Waals surface area contributed by atoms with E-state index in [4.69, 9.17) is 10.8 Å². The van der Waals surface area contributed by atoms with Crippen LogP contribution in [-0.2, 0) is 16.1 Å². The summed E-state index contributed by atoms with van der Waals surface area (Å²) in [6.45, 7) is -0.232. The second kappa shape index (κ2) is 5.01. The Morgan fingerprint density at radius 1 is 1.56 bits per heavy atom. The second-order valence-corrected chi connectivity index (χ2v) is 4.20. The van der Waals surface area contributed by atoms with Gasteiger partial charge in [0.05, 0.1) is 17.8 Å². The maximum Gasteiger partial charge on any atom is 0.325 e. The molecule has 2 unspecified atom stereocenters. The summed E-state index contributed by atoms with van der Waals surface area (Å²) in [6.07, 6.45) is 7.07. The maximum atomic E-state index is 11.8. The van der Waals surface area contributed by atoms with Crippen LogP contribution in [0.3, 0.4) is 0 Å². The van der Waals surface area contributed by atoms with Crippen LogP contribution < -0.4 is 11.1 Å². The van der Waals surface area contributed by atoms with Crippen molar-refractivity contribution >= 4 is 17.6 Å². The molecule has 2 atom stereocenters. The number of nitrogens with two attached hydrogens (primary N) is 1. The topological polar surface area (TPSA) is 110 Å². The van der Waals surface area contributed by atoms with Gasteiger partial charge in [-0.25, -0.2) is 0 Å². The first-order chi connectivity index (χ1) is 8.54. The number of nitrogens with one attached hydrogen (secondary N) is 1. The van der Waals surface area contributed by atoms with Crippen LogP contribution in [0.1, 0.15) is 6.42 Å². The quantitative estimate of drug-likeness (QED) is 0.641. The zero-order valence-electron chi connectivity index (χ0n) is 9.61. The van der Waals surface area contributed by atoms with Crippen molar-refractivity contribution in [3.05, 3.63) is 24.5 Å². The Morgan fingerprint density at radius 2 is 2.33 bits per heavy atom. The Hall–Kier alpha value is -2.15. The van der Waals surface area contributed by atoms with Crippen LogP contribution in [0, 0.1) is 5.92 Å². The Kier molecular flexibility index (Phi) is 3.42. The van der Waals surface area contributed by atoms with Crippen molar-refractivity contribution in [2.75, 3.05) is 5.32 Å². The lowest BCUT2D eigenvalue weighted by Gasteiger charge is -2.08. The minimum absolute atomic E-state index is 0.0736. The maximum absolute atomic E-state index is 11.8. The molecule has 0 spiro atoms. The average Bonchev–Trinajstić information content (AvgIpc) is 2.87. The first-order valence-electron chi connectivity index (χ1n) is 5.53. The van der Waals surface area contributed by atoms with Crippen molar-refractivity contribution in [2.24, 2.45) is 11.7 Å². The normalized spacial score (nSPS) is 22.1. The van der Waals surface area contributed by atoms with Gasteiger partial charge in [0, 0.05) is 12.2 Å². The molecule has 1 aliphatic rings. The number of aliphatic carboxylic acids is 1. The molecule has 0 aromatic carbocycles. The number of amides is 1. The van der Waals surface area contributed by atoms with E-state index in [1.807, 2.05) is 0 Å². The summed E-state index contributed by atoms with van der Waals surface area (Å²) in [7, 11) is 0. The molecule has 18 heavy (non-hydrogen) atoms. The van der Waals surface area contributed by atoms with Crippen LogP contribution in [0.15, 0.2) is 24.5 Å². The molecular weight excluding hydrogens is 236 g/mol. The Bertz CT molecular complexity index is 494. The van der Waals surface area contributed by atoms with E-state index in [9.17, 15) is 9.59 Å². The van der Waals surface area contributed by atoms with Crippen molar-refractivity contribution in [1.82, 2.24) is 9.78 Å². The number of anilines is 1. The van der Waals surface area contributed by atoms with E-state index in [0.717, 1.165) is 0 Å². The summed E-state index contributed by atoms with van der Waals surface area (Å²) in [4.78, 5) is 22.3. The molecule has 4 N–H and O–H groups in total. The molecule has 1 amide bonds. The smallest absolute Gasteiger partial charge is 0.325 e. The van der Waals surface area contributed by atoms with Crippen molar-refractivity contribution in [3.63, 3.8) is 0 Å². The van der Waals surface area contributed by atoms with E-state index >= 15 is 0 Å². The number of carboxylic acids is 1. The van der Waals surface area contributed by atoms with Crippen LogP contribution in [0.2, 0.25) is 0 Å². The van der Waals surface area contributed by atoms with Gasteiger partial charge in [-0.1, -0.05) is 12.2 Å². The molecule has 0 bridgehead atoms. The molecule has 1 aromatic heterocycles. The molecule has 96 valence electrons. The summed E-state index contributed by atoms with van der Waals surface area (Å²) >= 11 is 0. The highest BCUT2D eigenvalue weighted by Crippen LogP contribution is 2.18. The van der Waals surface area contributed by atoms with E-state index in [0.29, 0.717) is 12.1 Å². The van der Waals surface area contributed by atoms with Crippen LogP contribution in [0.25, 0.3) is 0 Å². The number of hydrogen-bond acceptors (Lipinski definition) is 4. The monoisotopic (exact) mass is 250 g/mol. The van der Waals surface area contributed by atoms with Gasteiger partial charge < -0.3 is 16.2 Å². The first kappa shape index (κ1) is 12.3. The molecule has 0 saturated carbocycles. The lowest BCUT2D eigenvalue weighted by Crippen LogP contribution is -2.23. The van der Waals surface area contributed by atoms with Gasteiger partial charge in [0.15, 0.2) is 0 Å². The van der Waals surface area contributed by atoms with Crippen molar-refractivity contribution in [3.8, 4) is 0 Å². The Labute approximate surface area is 103 Å². The van der Waals surface area contributed by atoms with Gasteiger partial charge in [-0.2, -0.15) is 5.10 Å². The van der Waals surface area contributed by atoms with Crippen molar-refractivity contribution < 1.29 is 14.7 Å². The molecule has 1 heterocycles. The number of carbonyl (C=O) groups is 2. The fourth-order valence-corrected chi connectivity index (χ4v) is 1.81. The number of hydrogen-bond donors (Lipinski definition) is 3. The van der Waals surface area contributed by atoms with Gasteiger partial charge in [-0.15, -0.1) is 0 Å². The Balaban J connectivity index is 1.93. The molecule has 0 radical (unpaired) electrons. The van der Waals surface area contributed by atoms with Crippen LogP contribution in [-0.4, -0.2) is 32.8 Å².